The SMILES string of the molecule is CCCC(CN)C1(O)CCCC1CC. The van der Waals surface area contributed by atoms with Crippen LogP contribution in [0.15, 0.2) is 0 Å². The van der Waals surface area contributed by atoms with E-state index >= 15 is 0 Å². The van der Waals surface area contributed by atoms with Gasteiger partial charge in [0.2, 0.25) is 0 Å². The zero-order valence-corrected chi connectivity index (χ0v) is 9.63. The molecule has 3 N–H and O–H groups in total. The lowest BCUT2D eigenvalue weighted by atomic mass is 9.76. The smallest absolute Gasteiger partial charge is 0.0715 e. The zero-order chi connectivity index (χ0) is 10.6. The standard InChI is InChI=1S/C12H25NO/c1-3-6-11(9-13)12(14)8-5-7-10(12)4-2/h10-11,14H,3-9,13H2,1-2H3. The van der Waals surface area contributed by atoms with Gasteiger partial charge in [0.1, 0.15) is 0 Å². The van der Waals surface area contributed by atoms with Crippen LogP contribution in [0.2, 0.25) is 0 Å². The van der Waals surface area contributed by atoms with Gasteiger partial charge in [-0.05, 0) is 31.7 Å². The molecule has 2 nitrogen and oxygen atoms in total. The third kappa shape index (κ3) is 2.12. The molecule has 0 aromatic carbocycles. The Hall–Kier alpha value is -0.0800. The number of aliphatic hydroxyl groups is 1. The highest BCUT2D eigenvalue weighted by Crippen LogP contribution is 2.43. The minimum Gasteiger partial charge on any atom is -0.389 e. The number of nitrogens with two attached hydrogens (primary N) is 1. The Kier molecular flexibility index (Phi) is 4.39. The van der Waals surface area contributed by atoms with Crippen LogP contribution in [0, 0.1) is 11.8 Å². The van der Waals surface area contributed by atoms with Crippen molar-refractivity contribution in [3.8, 4) is 0 Å². The largest absolute Gasteiger partial charge is 0.389 e. The highest BCUT2D eigenvalue weighted by Gasteiger charge is 2.44. The normalized spacial score (nSPS) is 34.7. The molecule has 1 aliphatic carbocycles. The highest BCUT2D eigenvalue weighted by atomic mass is 16.3. The van der Waals surface area contributed by atoms with Gasteiger partial charge in [0, 0.05) is 5.92 Å². The second kappa shape index (κ2) is 5.13. The fraction of sp³-hybridized carbons (Fsp3) is 1.00. The van der Waals surface area contributed by atoms with Gasteiger partial charge in [-0.15, -0.1) is 0 Å². The van der Waals surface area contributed by atoms with E-state index in [1.54, 1.807) is 0 Å². The molecule has 0 heterocycles. The molecule has 0 bridgehead atoms. The molecule has 0 radical (unpaired) electrons. The first-order chi connectivity index (χ1) is 6.69. The van der Waals surface area contributed by atoms with E-state index in [1.807, 2.05) is 0 Å². The predicted molar refractivity (Wildman–Crippen MR) is 60.0 cm³/mol. The summed E-state index contributed by atoms with van der Waals surface area (Å²) in [5.41, 5.74) is 5.34. The van der Waals surface area contributed by atoms with E-state index < -0.39 is 5.60 Å². The van der Waals surface area contributed by atoms with Crippen molar-refractivity contribution in [1.29, 1.82) is 0 Å². The van der Waals surface area contributed by atoms with Crippen LogP contribution < -0.4 is 5.73 Å². The van der Waals surface area contributed by atoms with E-state index in [4.69, 9.17) is 5.73 Å². The van der Waals surface area contributed by atoms with E-state index in [0.717, 1.165) is 25.7 Å². The van der Waals surface area contributed by atoms with Crippen molar-refractivity contribution in [2.24, 2.45) is 17.6 Å². The molecular weight excluding hydrogens is 174 g/mol. The molecule has 3 atom stereocenters. The second-order valence-corrected chi connectivity index (χ2v) is 4.71. The van der Waals surface area contributed by atoms with Gasteiger partial charge in [-0.2, -0.15) is 0 Å². The number of hydrogen-bond donors (Lipinski definition) is 2. The highest BCUT2D eigenvalue weighted by molar-refractivity contribution is 4.96. The third-order valence-electron chi connectivity index (χ3n) is 3.96. The zero-order valence-electron chi connectivity index (χ0n) is 9.63. The minimum absolute atomic E-state index is 0.319. The van der Waals surface area contributed by atoms with Crippen LogP contribution >= 0.6 is 0 Å². The summed E-state index contributed by atoms with van der Waals surface area (Å²) in [4.78, 5) is 0. The monoisotopic (exact) mass is 199 g/mol. The Labute approximate surface area is 87.9 Å². The molecule has 1 fully saturated rings. The number of rotatable bonds is 5. The van der Waals surface area contributed by atoms with Crippen molar-refractivity contribution in [2.45, 2.75) is 58.0 Å². The maximum atomic E-state index is 10.7. The quantitative estimate of drug-likeness (QED) is 0.713. The van der Waals surface area contributed by atoms with Crippen LogP contribution in [-0.2, 0) is 0 Å². The van der Waals surface area contributed by atoms with Crippen LogP contribution in [0.1, 0.15) is 52.4 Å². The van der Waals surface area contributed by atoms with Gasteiger partial charge in [0.05, 0.1) is 5.60 Å². The van der Waals surface area contributed by atoms with Gasteiger partial charge in [-0.1, -0.05) is 33.1 Å². The van der Waals surface area contributed by atoms with E-state index in [-0.39, 0.29) is 0 Å². The van der Waals surface area contributed by atoms with E-state index in [1.165, 1.54) is 12.8 Å². The summed E-state index contributed by atoms with van der Waals surface area (Å²) in [5, 5.41) is 10.7. The molecule has 1 aliphatic rings. The Morgan fingerprint density at radius 3 is 2.71 bits per heavy atom. The van der Waals surface area contributed by atoms with Crippen LogP contribution in [0.4, 0.5) is 0 Å². The van der Waals surface area contributed by atoms with Crippen molar-refractivity contribution >= 4 is 0 Å². The summed E-state index contributed by atoms with van der Waals surface area (Å²) in [5.74, 6) is 0.808. The summed E-state index contributed by atoms with van der Waals surface area (Å²) < 4.78 is 0. The minimum atomic E-state index is -0.445. The molecule has 0 spiro atoms. The first-order valence-corrected chi connectivity index (χ1v) is 6.11. The van der Waals surface area contributed by atoms with Crippen molar-refractivity contribution in [2.75, 3.05) is 6.54 Å². The van der Waals surface area contributed by atoms with Gasteiger partial charge >= 0.3 is 0 Å². The van der Waals surface area contributed by atoms with Crippen molar-refractivity contribution in [3.63, 3.8) is 0 Å². The maximum Gasteiger partial charge on any atom is 0.0715 e. The fourth-order valence-electron chi connectivity index (χ4n) is 3.10. The van der Waals surface area contributed by atoms with Crippen molar-refractivity contribution in [1.82, 2.24) is 0 Å². The summed E-state index contributed by atoms with van der Waals surface area (Å²) >= 11 is 0. The first-order valence-electron chi connectivity index (χ1n) is 6.11. The summed E-state index contributed by atoms with van der Waals surface area (Å²) in [6.07, 6.45) is 6.62. The van der Waals surface area contributed by atoms with Crippen LogP contribution in [-0.4, -0.2) is 17.3 Å². The van der Waals surface area contributed by atoms with Crippen LogP contribution in [0.25, 0.3) is 0 Å². The molecule has 0 saturated heterocycles. The van der Waals surface area contributed by atoms with Crippen molar-refractivity contribution in [3.05, 3.63) is 0 Å². The Balaban J connectivity index is 2.68. The summed E-state index contributed by atoms with van der Waals surface area (Å²) in [6.45, 7) is 4.99. The molecule has 0 aromatic heterocycles. The van der Waals surface area contributed by atoms with Crippen LogP contribution in [0.5, 0.6) is 0 Å². The molecule has 2 heteroatoms. The van der Waals surface area contributed by atoms with Crippen molar-refractivity contribution < 1.29 is 5.11 Å². The van der Waals surface area contributed by atoms with Gasteiger partial charge < -0.3 is 10.8 Å². The molecule has 0 aliphatic heterocycles. The summed E-state index contributed by atoms with van der Waals surface area (Å²) in [7, 11) is 0. The Morgan fingerprint density at radius 1 is 1.50 bits per heavy atom. The average Bonchev–Trinajstić information content (AvgIpc) is 2.56. The van der Waals surface area contributed by atoms with E-state index in [2.05, 4.69) is 13.8 Å². The molecule has 0 amide bonds. The molecule has 0 aromatic rings. The third-order valence-corrected chi connectivity index (χ3v) is 3.96. The molecular formula is C12H25NO. The van der Waals surface area contributed by atoms with E-state index in [9.17, 15) is 5.11 Å². The fourth-order valence-corrected chi connectivity index (χ4v) is 3.10. The van der Waals surface area contributed by atoms with Gasteiger partial charge in [-0.25, -0.2) is 0 Å². The molecule has 84 valence electrons. The summed E-state index contributed by atoms with van der Waals surface area (Å²) in [6, 6.07) is 0. The first kappa shape index (κ1) is 12.0. The van der Waals surface area contributed by atoms with Gasteiger partial charge in [0.25, 0.3) is 0 Å². The molecule has 1 saturated carbocycles. The maximum absolute atomic E-state index is 10.7. The number of hydrogen-bond acceptors (Lipinski definition) is 2. The van der Waals surface area contributed by atoms with Crippen LogP contribution in [0.3, 0.4) is 0 Å². The Morgan fingerprint density at radius 2 is 2.21 bits per heavy atom. The predicted octanol–water partition coefficient (Wildman–Crippen LogP) is 2.30. The molecule has 3 unspecified atom stereocenters. The lowest BCUT2D eigenvalue weighted by Crippen LogP contribution is -2.44. The van der Waals surface area contributed by atoms with Gasteiger partial charge in [-0.3, -0.25) is 0 Å². The Bertz CT molecular complexity index is 172. The lowest BCUT2D eigenvalue weighted by Gasteiger charge is -2.37. The van der Waals surface area contributed by atoms with Gasteiger partial charge in [0.15, 0.2) is 0 Å². The topological polar surface area (TPSA) is 46.2 Å². The van der Waals surface area contributed by atoms with E-state index in [0.29, 0.717) is 18.4 Å². The lowest BCUT2D eigenvalue weighted by molar-refractivity contribution is -0.0528. The average molecular weight is 199 g/mol. The molecule has 1 rings (SSSR count). The molecule has 14 heavy (non-hydrogen) atoms. The second-order valence-electron chi connectivity index (χ2n) is 4.71.